The summed E-state index contributed by atoms with van der Waals surface area (Å²) in [5.74, 6) is -1.42. The summed E-state index contributed by atoms with van der Waals surface area (Å²) >= 11 is 0. The summed E-state index contributed by atoms with van der Waals surface area (Å²) in [4.78, 5) is 23.0. The summed E-state index contributed by atoms with van der Waals surface area (Å²) in [5, 5.41) is 0. The van der Waals surface area contributed by atoms with Crippen LogP contribution < -0.4 is 0 Å². The Morgan fingerprint density at radius 1 is 1.16 bits per heavy atom. The van der Waals surface area contributed by atoms with E-state index in [9.17, 15) is 9.59 Å². The summed E-state index contributed by atoms with van der Waals surface area (Å²) in [7, 11) is 1.67. The van der Waals surface area contributed by atoms with Crippen LogP contribution in [0.2, 0.25) is 0 Å². The molecule has 0 bridgehead atoms. The molecule has 0 fully saturated rings. The van der Waals surface area contributed by atoms with Gasteiger partial charge >= 0.3 is 5.97 Å². The third kappa shape index (κ3) is 4.48. The van der Waals surface area contributed by atoms with Crippen molar-refractivity contribution in [2.24, 2.45) is 0 Å². The van der Waals surface area contributed by atoms with Crippen LogP contribution in [-0.2, 0) is 20.7 Å². The number of ether oxygens (including phenoxy) is 2. The Hall–Kier alpha value is -1.68. The van der Waals surface area contributed by atoms with Gasteiger partial charge < -0.3 is 9.47 Å². The topological polar surface area (TPSA) is 52.6 Å². The first-order chi connectivity index (χ1) is 8.89. The van der Waals surface area contributed by atoms with Crippen LogP contribution in [0.5, 0.6) is 0 Å². The summed E-state index contributed by atoms with van der Waals surface area (Å²) in [6, 6.07) is 6.93. The minimum absolute atomic E-state index is 0.199. The van der Waals surface area contributed by atoms with Crippen molar-refractivity contribution in [3.8, 4) is 0 Å². The van der Waals surface area contributed by atoms with Gasteiger partial charge in [-0.2, -0.15) is 0 Å². The van der Waals surface area contributed by atoms with Crippen molar-refractivity contribution in [3.05, 3.63) is 35.4 Å². The number of hydrogen-bond donors (Lipinski definition) is 0. The second-order valence-electron chi connectivity index (χ2n) is 4.89. The highest BCUT2D eigenvalue weighted by Crippen LogP contribution is 2.16. The van der Waals surface area contributed by atoms with Gasteiger partial charge in [0.15, 0.2) is 0 Å². The van der Waals surface area contributed by atoms with E-state index in [0.717, 1.165) is 12.0 Å². The number of carbonyl (C=O) groups is 2. The number of Topliss-reactive ketones (excluding diaryl/α,β-unsaturated/α-hetero) is 1. The summed E-state index contributed by atoms with van der Waals surface area (Å²) < 4.78 is 10.0. The molecular weight excluding hydrogens is 244 g/mol. The molecule has 0 aliphatic heterocycles. The smallest absolute Gasteiger partial charge is 0.379 e. The molecule has 4 nitrogen and oxygen atoms in total. The van der Waals surface area contributed by atoms with E-state index >= 15 is 0 Å². The van der Waals surface area contributed by atoms with E-state index in [0.29, 0.717) is 5.56 Å². The Labute approximate surface area is 113 Å². The van der Waals surface area contributed by atoms with Gasteiger partial charge in [-0.3, -0.25) is 4.79 Å². The Morgan fingerprint density at radius 2 is 1.74 bits per heavy atom. The van der Waals surface area contributed by atoms with Crippen LogP contribution in [0.25, 0.3) is 0 Å². The van der Waals surface area contributed by atoms with Crippen LogP contribution in [0.15, 0.2) is 24.3 Å². The highest BCUT2D eigenvalue weighted by atomic mass is 16.5. The molecule has 0 aromatic heterocycles. The molecule has 0 atom stereocenters. The minimum atomic E-state index is -0.813. The molecule has 104 valence electrons. The average molecular weight is 264 g/mol. The van der Waals surface area contributed by atoms with Crippen molar-refractivity contribution in [3.63, 3.8) is 0 Å². The van der Waals surface area contributed by atoms with Gasteiger partial charge in [0.25, 0.3) is 5.78 Å². The number of benzene rings is 1. The molecule has 0 amide bonds. The SMILES string of the molecule is CCOC(=O)C(=O)c1ccc(CC(C)(C)OC)cc1. The van der Waals surface area contributed by atoms with Gasteiger partial charge in [-0.15, -0.1) is 0 Å². The monoisotopic (exact) mass is 264 g/mol. The summed E-state index contributed by atoms with van der Waals surface area (Å²) in [5.41, 5.74) is 1.14. The molecule has 1 aromatic carbocycles. The Kier molecular flexibility index (Phi) is 5.24. The molecule has 0 N–H and O–H groups in total. The lowest BCUT2D eigenvalue weighted by Gasteiger charge is -2.22. The lowest BCUT2D eigenvalue weighted by molar-refractivity contribution is -0.137. The Bertz CT molecular complexity index is 446. The van der Waals surface area contributed by atoms with Crippen LogP contribution in [-0.4, -0.2) is 31.1 Å². The van der Waals surface area contributed by atoms with Gasteiger partial charge in [0.1, 0.15) is 0 Å². The largest absolute Gasteiger partial charge is 0.460 e. The van der Waals surface area contributed by atoms with E-state index in [1.165, 1.54) is 0 Å². The molecule has 0 aliphatic rings. The number of rotatable bonds is 6. The standard InChI is InChI=1S/C15H20O4/c1-5-19-14(17)13(16)12-8-6-11(7-9-12)10-15(2,3)18-4/h6-9H,5,10H2,1-4H3. The molecule has 0 spiro atoms. The second kappa shape index (κ2) is 6.48. The first-order valence-electron chi connectivity index (χ1n) is 6.25. The van der Waals surface area contributed by atoms with Gasteiger partial charge in [0.05, 0.1) is 12.2 Å². The van der Waals surface area contributed by atoms with Gasteiger partial charge in [-0.05, 0) is 26.3 Å². The summed E-state index contributed by atoms with van der Waals surface area (Å²) in [6.07, 6.45) is 0.734. The maximum Gasteiger partial charge on any atom is 0.379 e. The molecule has 0 saturated heterocycles. The van der Waals surface area contributed by atoms with Crippen molar-refractivity contribution < 1.29 is 19.1 Å². The molecule has 0 heterocycles. The molecule has 4 heteroatoms. The van der Waals surface area contributed by atoms with Crippen molar-refractivity contribution >= 4 is 11.8 Å². The van der Waals surface area contributed by atoms with Gasteiger partial charge in [-0.25, -0.2) is 4.79 Å². The molecule has 19 heavy (non-hydrogen) atoms. The predicted molar refractivity (Wildman–Crippen MR) is 72.2 cm³/mol. The lowest BCUT2D eigenvalue weighted by Crippen LogP contribution is -2.25. The van der Waals surface area contributed by atoms with E-state index in [2.05, 4.69) is 4.74 Å². The predicted octanol–water partition coefficient (Wildman–Crippen LogP) is 2.40. The highest BCUT2D eigenvalue weighted by Gasteiger charge is 2.19. The second-order valence-corrected chi connectivity index (χ2v) is 4.89. The maximum atomic E-state index is 11.7. The van der Waals surface area contributed by atoms with Crippen LogP contribution in [0.4, 0.5) is 0 Å². The van der Waals surface area contributed by atoms with Gasteiger partial charge in [0, 0.05) is 19.1 Å². The third-order valence-corrected chi connectivity index (χ3v) is 2.86. The molecule has 0 unspecified atom stereocenters. The Balaban J connectivity index is 2.77. The van der Waals surface area contributed by atoms with Gasteiger partial charge in [0.2, 0.25) is 0 Å². The fourth-order valence-corrected chi connectivity index (χ4v) is 1.65. The van der Waals surface area contributed by atoms with E-state index in [1.807, 2.05) is 26.0 Å². The molecule has 0 saturated carbocycles. The number of esters is 1. The molecule has 0 aliphatic carbocycles. The number of ketones is 1. The normalized spacial score (nSPS) is 11.2. The van der Waals surface area contributed by atoms with Crippen molar-refractivity contribution in [2.75, 3.05) is 13.7 Å². The molecule has 1 rings (SSSR count). The third-order valence-electron chi connectivity index (χ3n) is 2.86. The quantitative estimate of drug-likeness (QED) is 0.450. The molecule has 1 aromatic rings. The molecular formula is C15H20O4. The van der Waals surface area contributed by atoms with Crippen LogP contribution in [0.1, 0.15) is 36.7 Å². The fourth-order valence-electron chi connectivity index (χ4n) is 1.65. The van der Waals surface area contributed by atoms with Crippen molar-refractivity contribution in [1.29, 1.82) is 0 Å². The first kappa shape index (κ1) is 15.4. The lowest BCUT2D eigenvalue weighted by atomic mass is 9.97. The van der Waals surface area contributed by atoms with Gasteiger partial charge in [-0.1, -0.05) is 24.3 Å². The average Bonchev–Trinajstić information content (AvgIpc) is 2.38. The van der Waals surface area contributed by atoms with Crippen LogP contribution >= 0.6 is 0 Å². The summed E-state index contributed by atoms with van der Waals surface area (Å²) in [6.45, 7) is 5.85. The first-order valence-corrected chi connectivity index (χ1v) is 6.25. The highest BCUT2D eigenvalue weighted by molar-refractivity contribution is 6.40. The number of carbonyl (C=O) groups excluding carboxylic acids is 2. The van der Waals surface area contributed by atoms with E-state index in [-0.39, 0.29) is 12.2 Å². The maximum absolute atomic E-state index is 11.7. The zero-order valence-corrected chi connectivity index (χ0v) is 11.9. The number of methoxy groups -OCH3 is 1. The zero-order valence-electron chi connectivity index (χ0n) is 11.9. The molecule has 0 radical (unpaired) electrons. The Morgan fingerprint density at radius 3 is 2.21 bits per heavy atom. The van der Waals surface area contributed by atoms with Crippen LogP contribution in [0.3, 0.4) is 0 Å². The van der Waals surface area contributed by atoms with E-state index < -0.39 is 11.8 Å². The minimum Gasteiger partial charge on any atom is -0.460 e. The van der Waals surface area contributed by atoms with Crippen molar-refractivity contribution in [2.45, 2.75) is 32.8 Å². The zero-order chi connectivity index (χ0) is 14.5. The van der Waals surface area contributed by atoms with Crippen LogP contribution in [0, 0.1) is 0 Å². The van der Waals surface area contributed by atoms with E-state index in [1.54, 1.807) is 26.2 Å². The van der Waals surface area contributed by atoms with Crippen molar-refractivity contribution in [1.82, 2.24) is 0 Å². The van der Waals surface area contributed by atoms with E-state index in [4.69, 9.17) is 4.74 Å². The number of hydrogen-bond acceptors (Lipinski definition) is 4. The fraction of sp³-hybridized carbons (Fsp3) is 0.467.